The molecule has 1 fully saturated rings. The van der Waals surface area contributed by atoms with Gasteiger partial charge in [0, 0.05) is 41.5 Å². The molecule has 1 aliphatic carbocycles. The zero-order valence-electron chi connectivity index (χ0n) is 13.8. The number of nitrogens with zero attached hydrogens (tertiary/aromatic N) is 1. The van der Waals surface area contributed by atoms with Gasteiger partial charge in [0.1, 0.15) is 11.3 Å². The molecule has 1 aliphatic heterocycles. The molecular formula is C20H19NO3S. The van der Waals surface area contributed by atoms with Gasteiger partial charge in [-0.25, -0.2) is 4.79 Å². The normalized spacial score (nSPS) is 20.7. The van der Waals surface area contributed by atoms with Crippen molar-refractivity contribution >= 4 is 22.3 Å². The molecule has 25 heavy (non-hydrogen) atoms. The summed E-state index contributed by atoms with van der Waals surface area (Å²) in [6.45, 7) is 1.76. The number of phenolic OH excluding ortho intramolecular Hbond substituents is 1. The highest BCUT2D eigenvalue weighted by molar-refractivity contribution is 7.10. The first-order valence-corrected chi connectivity index (χ1v) is 9.63. The quantitative estimate of drug-likeness (QED) is 0.721. The molecule has 2 aliphatic rings. The van der Waals surface area contributed by atoms with Gasteiger partial charge in [0.15, 0.2) is 0 Å². The number of rotatable bonds is 3. The summed E-state index contributed by atoms with van der Waals surface area (Å²) >= 11 is 1.87. The topological polar surface area (TPSA) is 53.7 Å². The lowest BCUT2D eigenvalue weighted by Gasteiger charge is -2.36. The minimum absolute atomic E-state index is 0.115. The predicted molar refractivity (Wildman–Crippen MR) is 98.0 cm³/mol. The highest BCUT2D eigenvalue weighted by Gasteiger charge is 2.39. The molecule has 1 aromatic carbocycles. The Hall–Kier alpha value is -2.11. The van der Waals surface area contributed by atoms with Crippen LogP contribution < -0.4 is 5.63 Å². The van der Waals surface area contributed by atoms with Crippen LogP contribution in [0.2, 0.25) is 0 Å². The van der Waals surface area contributed by atoms with Gasteiger partial charge in [-0.3, -0.25) is 4.90 Å². The third-order valence-corrected chi connectivity index (χ3v) is 6.37. The largest absolute Gasteiger partial charge is 0.508 e. The molecule has 128 valence electrons. The summed E-state index contributed by atoms with van der Waals surface area (Å²) in [6.07, 6.45) is 3.67. The Labute approximate surface area is 149 Å². The minimum Gasteiger partial charge on any atom is -0.508 e. The first-order chi connectivity index (χ1) is 12.2. The molecule has 3 heterocycles. The van der Waals surface area contributed by atoms with Crippen molar-refractivity contribution in [1.82, 2.24) is 4.90 Å². The van der Waals surface area contributed by atoms with Crippen molar-refractivity contribution in [1.29, 1.82) is 0 Å². The Morgan fingerprint density at radius 1 is 1.24 bits per heavy atom. The fourth-order valence-electron chi connectivity index (χ4n) is 4.11. The van der Waals surface area contributed by atoms with E-state index < -0.39 is 0 Å². The Balaban J connectivity index is 1.55. The minimum atomic E-state index is -0.357. The van der Waals surface area contributed by atoms with Crippen molar-refractivity contribution in [3.05, 3.63) is 62.1 Å². The summed E-state index contributed by atoms with van der Waals surface area (Å²) in [4.78, 5) is 16.0. The zero-order chi connectivity index (χ0) is 17.0. The fourth-order valence-corrected chi connectivity index (χ4v) is 5.02. The third-order valence-electron chi connectivity index (χ3n) is 5.37. The van der Waals surface area contributed by atoms with Gasteiger partial charge >= 0.3 is 5.63 Å². The molecule has 0 spiro atoms. The van der Waals surface area contributed by atoms with E-state index in [1.165, 1.54) is 29.3 Å². The zero-order valence-corrected chi connectivity index (χ0v) is 14.6. The van der Waals surface area contributed by atoms with Crippen LogP contribution in [0.1, 0.15) is 34.9 Å². The average molecular weight is 353 g/mol. The van der Waals surface area contributed by atoms with Gasteiger partial charge in [-0.05, 0) is 59.9 Å². The van der Waals surface area contributed by atoms with Gasteiger partial charge in [0.05, 0.1) is 0 Å². The van der Waals surface area contributed by atoms with Crippen LogP contribution in [-0.2, 0) is 13.0 Å². The number of fused-ring (bicyclic) bond motifs is 2. The lowest BCUT2D eigenvalue weighted by atomic mass is 9.95. The Morgan fingerprint density at radius 2 is 2.12 bits per heavy atom. The van der Waals surface area contributed by atoms with E-state index in [0.29, 0.717) is 11.6 Å². The van der Waals surface area contributed by atoms with Crippen molar-refractivity contribution in [3.63, 3.8) is 0 Å². The van der Waals surface area contributed by atoms with Gasteiger partial charge in [0.2, 0.25) is 0 Å². The first-order valence-electron chi connectivity index (χ1n) is 8.75. The first kappa shape index (κ1) is 15.2. The standard InChI is InChI=1S/C20H19NO3S/c22-14-3-4-15-13(9-19(23)24-17(15)10-14)11-21-7-5-18-16(6-8-25-18)20(21)12-1-2-12/h3-4,6,8-10,12,20,22H,1-2,5,7,11H2/t20-/m1/s1. The van der Waals surface area contributed by atoms with Crippen LogP contribution in [-0.4, -0.2) is 16.6 Å². The number of aromatic hydroxyl groups is 1. The van der Waals surface area contributed by atoms with Crippen LogP contribution in [0.3, 0.4) is 0 Å². The van der Waals surface area contributed by atoms with E-state index >= 15 is 0 Å². The molecule has 0 amide bonds. The van der Waals surface area contributed by atoms with Gasteiger partial charge in [-0.15, -0.1) is 11.3 Å². The smallest absolute Gasteiger partial charge is 0.336 e. The van der Waals surface area contributed by atoms with E-state index in [1.807, 2.05) is 17.4 Å². The van der Waals surface area contributed by atoms with E-state index in [2.05, 4.69) is 16.3 Å². The number of benzene rings is 1. The Kier molecular flexibility index (Phi) is 3.47. The summed E-state index contributed by atoms with van der Waals surface area (Å²) in [5.74, 6) is 0.855. The molecule has 0 unspecified atom stereocenters. The highest BCUT2D eigenvalue weighted by Crippen LogP contribution is 2.48. The van der Waals surface area contributed by atoms with Crippen LogP contribution in [0.15, 0.2) is 44.9 Å². The van der Waals surface area contributed by atoms with Crippen molar-refractivity contribution in [2.45, 2.75) is 31.8 Å². The summed E-state index contributed by atoms with van der Waals surface area (Å²) in [6, 6.07) is 9.37. The average Bonchev–Trinajstić information content (AvgIpc) is 3.30. The summed E-state index contributed by atoms with van der Waals surface area (Å²) < 4.78 is 5.27. The monoisotopic (exact) mass is 353 g/mol. The number of hydrogen-bond acceptors (Lipinski definition) is 5. The predicted octanol–water partition coefficient (Wildman–Crippen LogP) is 4.07. The molecule has 1 atom stereocenters. The lowest BCUT2D eigenvalue weighted by Crippen LogP contribution is -2.35. The molecule has 0 radical (unpaired) electrons. The molecule has 5 rings (SSSR count). The van der Waals surface area contributed by atoms with Crippen molar-refractivity contribution < 1.29 is 9.52 Å². The van der Waals surface area contributed by atoms with E-state index in [4.69, 9.17) is 4.42 Å². The second kappa shape index (κ2) is 5.71. The van der Waals surface area contributed by atoms with E-state index in [0.717, 1.165) is 36.4 Å². The van der Waals surface area contributed by atoms with Crippen LogP contribution in [0.25, 0.3) is 11.0 Å². The highest BCUT2D eigenvalue weighted by atomic mass is 32.1. The molecule has 0 bridgehead atoms. The molecule has 2 aromatic heterocycles. The molecule has 1 saturated carbocycles. The van der Waals surface area contributed by atoms with Crippen LogP contribution in [0, 0.1) is 5.92 Å². The van der Waals surface area contributed by atoms with Crippen molar-refractivity contribution in [3.8, 4) is 5.75 Å². The molecular weight excluding hydrogens is 334 g/mol. The fraction of sp³-hybridized carbons (Fsp3) is 0.350. The Morgan fingerprint density at radius 3 is 2.96 bits per heavy atom. The summed E-state index contributed by atoms with van der Waals surface area (Å²) in [5, 5.41) is 12.8. The Bertz CT molecular complexity index is 1000. The molecule has 5 heteroatoms. The van der Waals surface area contributed by atoms with Gasteiger partial charge in [0.25, 0.3) is 0 Å². The van der Waals surface area contributed by atoms with E-state index in [-0.39, 0.29) is 11.4 Å². The maximum Gasteiger partial charge on any atom is 0.336 e. The van der Waals surface area contributed by atoms with Crippen LogP contribution >= 0.6 is 11.3 Å². The SMILES string of the molecule is O=c1cc(CN2CCc3sccc3[C@H]2C2CC2)c2ccc(O)cc2o1. The van der Waals surface area contributed by atoms with Crippen LogP contribution in [0.5, 0.6) is 5.75 Å². The maximum absolute atomic E-state index is 12.0. The van der Waals surface area contributed by atoms with Gasteiger partial charge in [-0.2, -0.15) is 0 Å². The second-order valence-corrected chi connectivity index (χ2v) is 8.07. The summed E-state index contributed by atoms with van der Waals surface area (Å²) in [5.41, 5.74) is 2.57. The number of thiophene rings is 1. The molecule has 3 aromatic rings. The molecule has 0 saturated heterocycles. The van der Waals surface area contributed by atoms with E-state index in [1.54, 1.807) is 12.1 Å². The maximum atomic E-state index is 12.0. The van der Waals surface area contributed by atoms with Gasteiger partial charge in [-0.1, -0.05) is 0 Å². The molecule has 1 N–H and O–H groups in total. The molecule has 4 nitrogen and oxygen atoms in total. The number of hydrogen-bond donors (Lipinski definition) is 1. The third kappa shape index (κ3) is 2.68. The van der Waals surface area contributed by atoms with Crippen molar-refractivity contribution in [2.24, 2.45) is 5.92 Å². The summed E-state index contributed by atoms with van der Waals surface area (Å²) in [7, 11) is 0. The van der Waals surface area contributed by atoms with Crippen molar-refractivity contribution in [2.75, 3.05) is 6.54 Å². The second-order valence-electron chi connectivity index (χ2n) is 7.07. The number of phenols is 1. The van der Waals surface area contributed by atoms with Crippen LogP contribution in [0.4, 0.5) is 0 Å². The van der Waals surface area contributed by atoms with E-state index in [9.17, 15) is 9.90 Å². The lowest BCUT2D eigenvalue weighted by molar-refractivity contribution is 0.158. The van der Waals surface area contributed by atoms with Gasteiger partial charge < -0.3 is 9.52 Å².